The van der Waals surface area contributed by atoms with Crippen LogP contribution in [0.5, 0.6) is 0 Å². The molecule has 0 bridgehead atoms. The second kappa shape index (κ2) is 4.41. The molecule has 0 saturated carbocycles. The number of nitrogens with one attached hydrogen (secondary N) is 2. The number of rotatable bonds is 2. The Kier molecular flexibility index (Phi) is 3.68. The van der Waals surface area contributed by atoms with Crippen molar-refractivity contribution in [3.8, 4) is 0 Å². The van der Waals surface area contributed by atoms with Crippen molar-refractivity contribution in [2.45, 2.75) is 12.5 Å². The van der Waals surface area contributed by atoms with Crippen LogP contribution in [0.4, 0.5) is 0 Å². The maximum absolute atomic E-state index is 11.1. The molecule has 1 fully saturated rings. The fourth-order valence-electron chi connectivity index (χ4n) is 1.33. The predicted octanol–water partition coefficient (Wildman–Crippen LogP) is -0.886. The van der Waals surface area contributed by atoms with Crippen molar-refractivity contribution in [2.75, 3.05) is 25.6 Å². The van der Waals surface area contributed by atoms with E-state index >= 15 is 0 Å². The molecule has 0 aliphatic carbocycles. The maximum Gasteiger partial charge on any atom is 0.181 e. The second-order valence-electron chi connectivity index (χ2n) is 3.58. The lowest BCUT2D eigenvalue weighted by atomic mass is 10.3. The highest BCUT2D eigenvalue weighted by Gasteiger charge is 2.28. The molecule has 5 nitrogen and oxygen atoms in total. The van der Waals surface area contributed by atoms with Gasteiger partial charge in [-0.3, -0.25) is 5.43 Å². The van der Waals surface area contributed by atoms with Gasteiger partial charge >= 0.3 is 0 Å². The molecular formula is C7H15N3O2S2. The summed E-state index contributed by atoms with van der Waals surface area (Å²) in [5.74, 6) is 0.442. The van der Waals surface area contributed by atoms with Gasteiger partial charge in [0.25, 0.3) is 0 Å². The lowest BCUT2D eigenvalue weighted by Crippen LogP contribution is -2.47. The molecule has 0 aromatic heterocycles. The zero-order valence-electron chi connectivity index (χ0n) is 8.28. The van der Waals surface area contributed by atoms with Gasteiger partial charge < -0.3 is 5.32 Å². The Morgan fingerprint density at radius 3 is 2.57 bits per heavy atom. The number of sulfone groups is 1. The van der Waals surface area contributed by atoms with Crippen molar-refractivity contribution >= 4 is 27.2 Å². The zero-order chi connectivity index (χ0) is 10.8. The average molecular weight is 237 g/mol. The van der Waals surface area contributed by atoms with Gasteiger partial charge in [0.15, 0.2) is 14.9 Å². The zero-order valence-corrected chi connectivity index (χ0v) is 9.91. The number of hydrogen-bond acceptors (Lipinski definition) is 4. The minimum atomic E-state index is -2.83. The summed E-state index contributed by atoms with van der Waals surface area (Å²) in [6, 6.07) is -0.0417. The first kappa shape index (κ1) is 11.7. The Hall–Kier alpha value is -0.400. The number of thiocarbonyl (C=S) groups is 1. The van der Waals surface area contributed by atoms with Crippen LogP contribution in [-0.4, -0.2) is 50.2 Å². The van der Waals surface area contributed by atoms with Crippen molar-refractivity contribution in [2.24, 2.45) is 0 Å². The molecule has 7 heteroatoms. The highest BCUT2D eigenvalue weighted by atomic mass is 32.2. The molecule has 1 aliphatic rings. The van der Waals surface area contributed by atoms with E-state index in [1.165, 1.54) is 0 Å². The van der Waals surface area contributed by atoms with Gasteiger partial charge in [0.2, 0.25) is 0 Å². The fourth-order valence-corrected chi connectivity index (χ4v) is 3.35. The lowest BCUT2D eigenvalue weighted by molar-refractivity contribution is 0.357. The van der Waals surface area contributed by atoms with E-state index in [0.29, 0.717) is 11.5 Å². The van der Waals surface area contributed by atoms with E-state index in [1.54, 1.807) is 5.01 Å². The van der Waals surface area contributed by atoms with Crippen molar-refractivity contribution in [1.29, 1.82) is 0 Å². The number of hydrogen-bond donors (Lipinski definition) is 2. The molecule has 0 aromatic rings. The molecular weight excluding hydrogens is 222 g/mol. The summed E-state index contributed by atoms with van der Waals surface area (Å²) in [4.78, 5) is 0. The van der Waals surface area contributed by atoms with Gasteiger partial charge in [0.1, 0.15) is 0 Å². The molecule has 0 spiro atoms. The highest BCUT2D eigenvalue weighted by molar-refractivity contribution is 7.91. The third kappa shape index (κ3) is 3.77. The van der Waals surface area contributed by atoms with Crippen molar-refractivity contribution in [3.63, 3.8) is 0 Å². The Bertz CT molecular complexity index is 313. The summed E-state index contributed by atoms with van der Waals surface area (Å²) >= 11 is 4.98. The van der Waals surface area contributed by atoms with Gasteiger partial charge in [0, 0.05) is 20.1 Å². The summed E-state index contributed by atoms with van der Waals surface area (Å²) in [6.45, 7) is 0. The summed E-state index contributed by atoms with van der Waals surface area (Å²) in [6.07, 6.45) is 0.636. The van der Waals surface area contributed by atoms with E-state index in [-0.39, 0.29) is 17.5 Å². The minimum absolute atomic E-state index is 0.0417. The molecule has 1 saturated heterocycles. The van der Waals surface area contributed by atoms with E-state index in [2.05, 4.69) is 10.7 Å². The number of nitrogens with zero attached hydrogens (tertiary/aromatic N) is 1. The molecule has 1 aliphatic heterocycles. The molecule has 2 N–H and O–H groups in total. The van der Waals surface area contributed by atoms with Gasteiger partial charge in [-0.15, -0.1) is 0 Å². The Morgan fingerprint density at radius 2 is 2.14 bits per heavy atom. The lowest BCUT2D eigenvalue weighted by Gasteiger charge is -2.18. The fraction of sp³-hybridized carbons (Fsp3) is 0.857. The first-order valence-electron chi connectivity index (χ1n) is 4.34. The quantitative estimate of drug-likeness (QED) is 0.480. The molecule has 0 unspecified atom stereocenters. The van der Waals surface area contributed by atoms with Crippen LogP contribution in [0.3, 0.4) is 0 Å². The minimum Gasteiger partial charge on any atom is -0.358 e. The monoisotopic (exact) mass is 237 g/mol. The summed E-state index contributed by atoms with van der Waals surface area (Å²) in [5.41, 5.74) is 2.86. The molecule has 1 rings (SSSR count). The summed E-state index contributed by atoms with van der Waals surface area (Å²) < 4.78 is 22.3. The molecule has 0 aromatic carbocycles. The molecule has 1 heterocycles. The van der Waals surface area contributed by atoms with E-state index in [9.17, 15) is 8.42 Å². The molecule has 1 atom stereocenters. The number of hydrazine groups is 1. The first-order valence-corrected chi connectivity index (χ1v) is 6.57. The standard InChI is InChI=1S/C7H15N3O2S2/c1-10(2)9-7(13)8-6-3-4-14(11,12)5-6/h6H,3-5H2,1-2H3,(H2,8,9,13)/t6-/m0/s1. The van der Waals surface area contributed by atoms with E-state index in [0.717, 1.165) is 0 Å². The van der Waals surface area contributed by atoms with Crippen LogP contribution in [0.1, 0.15) is 6.42 Å². The Morgan fingerprint density at radius 1 is 1.50 bits per heavy atom. The van der Waals surface area contributed by atoms with Crippen molar-refractivity contribution in [1.82, 2.24) is 15.8 Å². The SMILES string of the molecule is CN(C)NC(=S)N[C@H]1CCS(=O)(=O)C1. The van der Waals surface area contributed by atoms with Crippen molar-refractivity contribution in [3.05, 3.63) is 0 Å². The largest absolute Gasteiger partial charge is 0.358 e. The first-order chi connectivity index (χ1) is 6.39. The Balaban J connectivity index is 2.36. The normalized spacial score (nSPS) is 24.9. The molecule has 82 valence electrons. The van der Waals surface area contributed by atoms with Crippen molar-refractivity contribution < 1.29 is 8.42 Å². The van der Waals surface area contributed by atoms with E-state index in [1.807, 2.05) is 14.1 Å². The van der Waals surface area contributed by atoms with Crippen LogP contribution in [0, 0.1) is 0 Å². The molecule has 14 heavy (non-hydrogen) atoms. The van der Waals surface area contributed by atoms with Gasteiger partial charge in [-0.1, -0.05) is 0 Å². The third-order valence-corrected chi connectivity index (χ3v) is 3.87. The van der Waals surface area contributed by atoms with Gasteiger partial charge in [-0.2, -0.15) is 0 Å². The van der Waals surface area contributed by atoms with Crippen LogP contribution in [0.2, 0.25) is 0 Å². The third-order valence-electron chi connectivity index (χ3n) is 1.89. The van der Waals surface area contributed by atoms with Gasteiger partial charge in [-0.25, -0.2) is 13.4 Å². The van der Waals surface area contributed by atoms with Crippen LogP contribution in [0.25, 0.3) is 0 Å². The Labute approximate surface area is 89.7 Å². The predicted molar refractivity (Wildman–Crippen MR) is 59.6 cm³/mol. The molecule has 0 radical (unpaired) electrons. The second-order valence-corrected chi connectivity index (χ2v) is 6.22. The van der Waals surface area contributed by atoms with Crippen LogP contribution >= 0.6 is 12.2 Å². The molecule has 0 amide bonds. The highest BCUT2D eigenvalue weighted by Crippen LogP contribution is 2.10. The van der Waals surface area contributed by atoms with Gasteiger partial charge in [-0.05, 0) is 18.6 Å². The van der Waals surface area contributed by atoms with Crippen LogP contribution < -0.4 is 10.7 Å². The van der Waals surface area contributed by atoms with Crippen LogP contribution in [-0.2, 0) is 9.84 Å². The van der Waals surface area contributed by atoms with Crippen LogP contribution in [0.15, 0.2) is 0 Å². The van der Waals surface area contributed by atoms with E-state index < -0.39 is 9.84 Å². The summed E-state index contributed by atoms with van der Waals surface area (Å²) in [7, 11) is 0.805. The average Bonchev–Trinajstić information content (AvgIpc) is 2.27. The summed E-state index contributed by atoms with van der Waals surface area (Å²) in [5, 5.41) is 5.14. The maximum atomic E-state index is 11.1. The van der Waals surface area contributed by atoms with Gasteiger partial charge in [0.05, 0.1) is 11.5 Å². The topological polar surface area (TPSA) is 61.4 Å². The van der Waals surface area contributed by atoms with E-state index in [4.69, 9.17) is 12.2 Å². The smallest absolute Gasteiger partial charge is 0.181 e.